The summed E-state index contributed by atoms with van der Waals surface area (Å²) < 4.78 is 76.0. The van der Waals surface area contributed by atoms with E-state index in [9.17, 15) is 37.0 Å². The van der Waals surface area contributed by atoms with Crippen LogP contribution in [0.2, 0.25) is 0 Å². The van der Waals surface area contributed by atoms with E-state index in [1.165, 1.54) is 13.9 Å². The fraction of sp³-hybridized carbons (Fsp3) is 0.222. The number of phenolic OH excluding ortho intramolecular Hbond substituents is 2. The lowest BCUT2D eigenvalue weighted by atomic mass is 9.88. The standard InChI is InChI=1S/C18H9BF5NO4/c19-12-5(4-25)14(27)13(20)15(28)16(12)29-9-2-1-6-10-7(3-8(26)11(9)10)18(23,24)17(6,21)22/h1-2,7,27-28H,3,19H2. The molecule has 0 aromatic heterocycles. The molecule has 0 radical (unpaired) electrons. The van der Waals surface area contributed by atoms with Crippen molar-refractivity contribution in [2.75, 3.05) is 0 Å². The van der Waals surface area contributed by atoms with Crippen molar-refractivity contribution in [3.8, 4) is 29.1 Å². The molecule has 0 spiro atoms. The van der Waals surface area contributed by atoms with Gasteiger partial charge in [-0.3, -0.25) is 4.79 Å². The Balaban J connectivity index is 1.92. The molecule has 1 unspecified atom stereocenters. The van der Waals surface area contributed by atoms with E-state index in [0.29, 0.717) is 6.07 Å². The number of ether oxygens (including phenoxy) is 1. The molecule has 0 saturated carbocycles. The predicted molar refractivity (Wildman–Crippen MR) is 89.7 cm³/mol. The van der Waals surface area contributed by atoms with E-state index in [2.05, 4.69) is 0 Å². The molecule has 1 atom stereocenters. The summed E-state index contributed by atoms with van der Waals surface area (Å²) in [7, 11) is 1.20. The minimum absolute atomic E-state index is 0.200. The Morgan fingerprint density at radius 2 is 1.86 bits per heavy atom. The molecular weight excluding hydrogens is 400 g/mol. The van der Waals surface area contributed by atoms with E-state index in [1.807, 2.05) is 0 Å². The fourth-order valence-electron chi connectivity index (χ4n) is 3.87. The van der Waals surface area contributed by atoms with E-state index in [0.717, 1.165) is 6.07 Å². The van der Waals surface area contributed by atoms with Crippen LogP contribution in [0.25, 0.3) is 0 Å². The maximum Gasteiger partial charge on any atom is 0.336 e. The average molecular weight is 409 g/mol. The van der Waals surface area contributed by atoms with Crippen molar-refractivity contribution in [1.29, 1.82) is 5.26 Å². The van der Waals surface area contributed by atoms with E-state index >= 15 is 0 Å². The van der Waals surface area contributed by atoms with Crippen molar-refractivity contribution >= 4 is 19.1 Å². The van der Waals surface area contributed by atoms with E-state index in [1.54, 1.807) is 0 Å². The zero-order valence-corrected chi connectivity index (χ0v) is 14.5. The summed E-state index contributed by atoms with van der Waals surface area (Å²) in [6, 6.07) is 3.06. The number of halogens is 5. The van der Waals surface area contributed by atoms with Crippen molar-refractivity contribution in [2.45, 2.75) is 24.2 Å². The molecule has 0 fully saturated rings. The number of alkyl halides is 4. The summed E-state index contributed by atoms with van der Waals surface area (Å²) in [5.74, 6) is -16.8. The van der Waals surface area contributed by atoms with E-state index in [-0.39, 0.29) is 5.46 Å². The zero-order chi connectivity index (χ0) is 21.5. The summed E-state index contributed by atoms with van der Waals surface area (Å²) in [4.78, 5) is 12.3. The van der Waals surface area contributed by atoms with Gasteiger partial charge in [-0.25, -0.2) is 0 Å². The van der Waals surface area contributed by atoms with Crippen LogP contribution in [0.5, 0.6) is 23.0 Å². The van der Waals surface area contributed by atoms with Crippen molar-refractivity contribution in [3.05, 3.63) is 40.2 Å². The van der Waals surface area contributed by atoms with Crippen LogP contribution < -0.4 is 10.2 Å². The molecule has 0 amide bonds. The molecule has 0 aliphatic heterocycles. The average Bonchev–Trinajstić information content (AvgIpc) is 3.08. The Hall–Kier alpha value is -3.29. The molecule has 0 bridgehead atoms. The number of aromatic hydroxyl groups is 2. The summed E-state index contributed by atoms with van der Waals surface area (Å²) in [5, 5.41) is 28.6. The van der Waals surface area contributed by atoms with Gasteiger partial charge in [-0.1, -0.05) is 0 Å². The minimum Gasteiger partial charge on any atom is -0.504 e. The Labute approximate surface area is 160 Å². The molecule has 5 nitrogen and oxygen atoms in total. The van der Waals surface area contributed by atoms with Gasteiger partial charge in [0.1, 0.15) is 19.7 Å². The number of carbonyl (C=O) groups excluding carboxylic acids is 1. The lowest BCUT2D eigenvalue weighted by Crippen LogP contribution is -2.36. The normalized spacial score (nSPS) is 20.4. The molecule has 2 aromatic rings. The van der Waals surface area contributed by atoms with Crippen LogP contribution in [0.4, 0.5) is 22.0 Å². The Bertz CT molecular complexity index is 1160. The largest absolute Gasteiger partial charge is 0.504 e. The fourth-order valence-corrected chi connectivity index (χ4v) is 3.87. The topological polar surface area (TPSA) is 90.6 Å². The first-order chi connectivity index (χ1) is 13.4. The van der Waals surface area contributed by atoms with E-state index in [4.69, 9.17) is 10.00 Å². The van der Waals surface area contributed by atoms with Crippen molar-refractivity contribution in [2.24, 2.45) is 0 Å². The summed E-state index contributed by atoms with van der Waals surface area (Å²) >= 11 is 0. The number of nitriles is 1. The van der Waals surface area contributed by atoms with Gasteiger partial charge in [0.25, 0.3) is 0 Å². The smallest absolute Gasteiger partial charge is 0.336 e. The highest BCUT2D eigenvalue weighted by molar-refractivity contribution is 6.36. The second kappa shape index (κ2) is 5.62. The van der Waals surface area contributed by atoms with Gasteiger partial charge in [-0.2, -0.15) is 27.2 Å². The van der Waals surface area contributed by atoms with Crippen LogP contribution in [0.15, 0.2) is 12.1 Å². The summed E-state index contributed by atoms with van der Waals surface area (Å²) in [6.45, 7) is 0. The number of rotatable bonds is 2. The summed E-state index contributed by atoms with van der Waals surface area (Å²) in [5.41, 5.74) is -2.80. The third-order valence-corrected chi connectivity index (χ3v) is 5.33. The molecule has 2 aromatic carbocycles. The van der Waals surface area contributed by atoms with Gasteiger partial charge >= 0.3 is 11.8 Å². The van der Waals surface area contributed by atoms with Gasteiger partial charge in [0.2, 0.25) is 5.82 Å². The molecular formula is C18H9BF5NO4. The summed E-state index contributed by atoms with van der Waals surface area (Å²) in [6.07, 6.45) is -0.857. The number of benzene rings is 2. The van der Waals surface area contributed by atoms with E-state index < -0.39 is 81.0 Å². The quantitative estimate of drug-likeness (QED) is 0.588. The number of ketones is 1. The highest BCUT2D eigenvalue weighted by Gasteiger charge is 2.71. The van der Waals surface area contributed by atoms with Crippen molar-refractivity contribution in [1.82, 2.24) is 0 Å². The molecule has 2 N–H and O–H groups in total. The number of hydrogen-bond donors (Lipinski definition) is 2. The molecule has 2 aliphatic rings. The van der Waals surface area contributed by atoms with Crippen molar-refractivity contribution in [3.63, 3.8) is 0 Å². The molecule has 11 heteroatoms. The highest BCUT2D eigenvalue weighted by atomic mass is 19.3. The lowest BCUT2D eigenvalue weighted by Gasteiger charge is -2.23. The lowest BCUT2D eigenvalue weighted by molar-refractivity contribution is -0.214. The van der Waals surface area contributed by atoms with Gasteiger partial charge in [0.05, 0.1) is 17.0 Å². The van der Waals surface area contributed by atoms with Crippen LogP contribution in [-0.4, -0.2) is 29.8 Å². The number of hydrogen-bond acceptors (Lipinski definition) is 5. The maximum atomic E-state index is 14.2. The minimum atomic E-state index is -4.47. The first kappa shape index (κ1) is 19.0. The first-order valence-electron chi connectivity index (χ1n) is 8.23. The van der Waals surface area contributed by atoms with Crippen LogP contribution in [-0.2, 0) is 5.92 Å². The molecule has 148 valence electrons. The number of phenols is 2. The maximum absolute atomic E-state index is 14.2. The Morgan fingerprint density at radius 3 is 2.48 bits per heavy atom. The Morgan fingerprint density at radius 1 is 1.21 bits per heavy atom. The zero-order valence-electron chi connectivity index (χ0n) is 14.5. The third-order valence-electron chi connectivity index (χ3n) is 5.33. The Kier molecular flexibility index (Phi) is 3.69. The van der Waals surface area contributed by atoms with Gasteiger partial charge in [0, 0.05) is 12.0 Å². The monoisotopic (exact) mass is 409 g/mol. The molecule has 4 rings (SSSR count). The molecule has 0 heterocycles. The van der Waals surface area contributed by atoms with Gasteiger partial charge < -0.3 is 14.9 Å². The predicted octanol–water partition coefficient (Wildman–Crippen LogP) is 2.57. The highest BCUT2D eigenvalue weighted by Crippen LogP contribution is 2.64. The second-order valence-corrected chi connectivity index (χ2v) is 6.83. The second-order valence-electron chi connectivity index (χ2n) is 6.83. The van der Waals surface area contributed by atoms with Crippen LogP contribution in [0.3, 0.4) is 0 Å². The molecule has 2 aliphatic carbocycles. The molecule has 0 saturated heterocycles. The number of carbonyl (C=O) groups is 1. The third kappa shape index (κ3) is 2.17. The van der Waals surface area contributed by atoms with Crippen molar-refractivity contribution < 1.29 is 41.7 Å². The van der Waals surface area contributed by atoms with Crippen LogP contribution >= 0.6 is 0 Å². The number of nitrogens with zero attached hydrogens (tertiary/aromatic N) is 1. The van der Waals surface area contributed by atoms with Crippen LogP contribution in [0, 0.1) is 17.1 Å². The van der Waals surface area contributed by atoms with Gasteiger partial charge in [0.15, 0.2) is 23.0 Å². The van der Waals surface area contributed by atoms with Crippen LogP contribution in [0.1, 0.15) is 39.4 Å². The van der Waals surface area contributed by atoms with Gasteiger partial charge in [-0.15, -0.1) is 0 Å². The molecule has 29 heavy (non-hydrogen) atoms. The SMILES string of the molecule is Bc1c(C#N)c(O)c(F)c(O)c1Oc1ccc2c3c1C(=O)CC3C(F)(F)C2(F)F. The van der Waals surface area contributed by atoms with Gasteiger partial charge in [-0.05, 0) is 23.2 Å². The number of Topliss-reactive ketones (excluding diaryl/α,β-unsaturated/α-hetero) is 1. The first-order valence-corrected chi connectivity index (χ1v) is 8.23.